The van der Waals surface area contributed by atoms with Gasteiger partial charge < -0.3 is 10.3 Å². The van der Waals surface area contributed by atoms with E-state index in [0.717, 1.165) is 17.3 Å². The number of imidazole rings is 1. The van der Waals surface area contributed by atoms with Gasteiger partial charge in [-0.05, 0) is 23.1 Å². The Kier molecular flexibility index (Phi) is 3.63. The lowest BCUT2D eigenvalue weighted by molar-refractivity contribution is 0.573. The second kappa shape index (κ2) is 4.97. The van der Waals surface area contributed by atoms with Crippen LogP contribution in [0.2, 0.25) is 0 Å². The first-order valence-corrected chi connectivity index (χ1v) is 7.09. The number of hydrogen-bond acceptors (Lipinski definition) is 2. The van der Waals surface area contributed by atoms with E-state index in [-0.39, 0.29) is 10.8 Å². The number of nitrogens with zero attached hydrogens (tertiary/aromatic N) is 1. The first-order chi connectivity index (χ1) is 9.16. The van der Waals surface area contributed by atoms with Gasteiger partial charge in [0.1, 0.15) is 0 Å². The highest BCUT2D eigenvalue weighted by Crippen LogP contribution is 2.26. The van der Waals surface area contributed by atoms with Crippen molar-refractivity contribution in [3.63, 3.8) is 0 Å². The van der Waals surface area contributed by atoms with Gasteiger partial charge in [0.2, 0.25) is 5.95 Å². The summed E-state index contributed by atoms with van der Waals surface area (Å²) in [5.74, 6) is 0.793. The molecule has 0 aliphatic heterocycles. The molecule has 0 radical (unpaired) electrons. The first-order valence-electron chi connectivity index (χ1n) is 7.09. The van der Waals surface area contributed by atoms with Gasteiger partial charge in [0.05, 0.1) is 6.20 Å². The van der Waals surface area contributed by atoms with Crippen LogP contribution in [0.3, 0.4) is 0 Å². The molecular weight excluding hydrogens is 246 g/mol. The van der Waals surface area contributed by atoms with Crippen molar-refractivity contribution in [2.24, 2.45) is 0 Å². The lowest BCUT2D eigenvalue weighted by Crippen LogP contribution is -2.12. The third-order valence-electron chi connectivity index (χ3n) is 3.38. The lowest BCUT2D eigenvalue weighted by atomic mass is 9.87. The van der Waals surface area contributed by atoms with Gasteiger partial charge in [-0.15, -0.1) is 0 Å². The summed E-state index contributed by atoms with van der Waals surface area (Å²) in [5.41, 5.74) is 3.74. The van der Waals surface area contributed by atoms with Gasteiger partial charge in [0.15, 0.2) is 0 Å². The summed E-state index contributed by atoms with van der Waals surface area (Å²) in [6.07, 6.45) is 1.90. The van der Waals surface area contributed by atoms with Crippen molar-refractivity contribution in [1.29, 1.82) is 0 Å². The molecule has 0 spiro atoms. The molecule has 3 nitrogen and oxygen atoms in total. The number of nitrogens with one attached hydrogen (secondary N) is 2. The van der Waals surface area contributed by atoms with E-state index in [1.807, 2.05) is 6.20 Å². The molecule has 0 atom stereocenters. The summed E-state index contributed by atoms with van der Waals surface area (Å²) in [4.78, 5) is 7.74. The predicted molar refractivity (Wildman–Crippen MR) is 85.7 cm³/mol. The number of rotatable bonds is 2. The van der Waals surface area contributed by atoms with Gasteiger partial charge >= 0.3 is 0 Å². The molecule has 2 aromatic rings. The summed E-state index contributed by atoms with van der Waals surface area (Å²) >= 11 is 0. The van der Waals surface area contributed by atoms with Gasteiger partial charge in [-0.2, -0.15) is 0 Å². The third-order valence-corrected chi connectivity index (χ3v) is 3.38. The summed E-state index contributed by atoms with van der Waals surface area (Å²) in [7, 11) is 0. The molecule has 0 aliphatic rings. The largest absolute Gasteiger partial charge is 0.327 e. The van der Waals surface area contributed by atoms with E-state index in [0.29, 0.717) is 0 Å². The minimum absolute atomic E-state index is 0.0835. The normalized spacial score (nSPS) is 12.5. The second-order valence-corrected chi connectivity index (χ2v) is 7.35. The standard InChI is InChI=1S/C17H25N3/c1-16(2,3)12-8-7-9-13(10-12)19-15-18-11-14(20-15)17(4,5)6/h7-11H,1-6H3,(H2,18,19,20). The van der Waals surface area contributed by atoms with Crippen molar-refractivity contribution >= 4 is 11.6 Å². The van der Waals surface area contributed by atoms with Crippen LogP contribution in [0.15, 0.2) is 30.5 Å². The van der Waals surface area contributed by atoms with Crippen molar-refractivity contribution in [2.75, 3.05) is 5.32 Å². The van der Waals surface area contributed by atoms with Gasteiger partial charge in [-0.25, -0.2) is 4.98 Å². The van der Waals surface area contributed by atoms with E-state index >= 15 is 0 Å². The van der Waals surface area contributed by atoms with Crippen LogP contribution >= 0.6 is 0 Å². The van der Waals surface area contributed by atoms with Crippen LogP contribution in [0, 0.1) is 0 Å². The van der Waals surface area contributed by atoms with E-state index in [9.17, 15) is 0 Å². The molecule has 2 N–H and O–H groups in total. The van der Waals surface area contributed by atoms with Crippen LogP contribution in [0.1, 0.15) is 52.8 Å². The van der Waals surface area contributed by atoms with Gasteiger partial charge in [0.25, 0.3) is 0 Å². The SMILES string of the molecule is CC(C)(C)c1cccc(Nc2ncc(C(C)(C)C)[nH]2)c1. The fraction of sp³-hybridized carbons (Fsp3) is 0.471. The molecule has 0 aliphatic carbocycles. The molecule has 1 aromatic heterocycles. The number of H-pyrrole nitrogens is 1. The van der Waals surface area contributed by atoms with E-state index in [1.165, 1.54) is 5.56 Å². The molecule has 0 bridgehead atoms. The Balaban J connectivity index is 2.20. The molecular formula is C17H25N3. The van der Waals surface area contributed by atoms with Crippen molar-refractivity contribution in [3.8, 4) is 0 Å². The van der Waals surface area contributed by atoms with Crippen LogP contribution in [-0.4, -0.2) is 9.97 Å². The Morgan fingerprint density at radius 1 is 1.00 bits per heavy atom. The van der Waals surface area contributed by atoms with Crippen LogP contribution in [-0.2, 0) is 10.8 Å². The van der Waals surface area contributed by atoms with E-state index in [1.54, 1.807) is 0 Å². The zero-order valence-electron chi connectivity index (χ0n) is 13.3. The van der Waals surface area contributed by atoms with Crippen molar-refractivity contribution in [2.45, 2.75) is 52.4 Å². The Labute approximate surface area is 121 Å². The minimum atomic E-state index is 0.0835. The smallest absolute Gasteiger partial charge is 0.204 e. The lowest BCUT2D eigenvalue weighted by Gasteiger charge is -2.19. The Morgan fingerprint density at radius 3 is 2.25 bits per heavy atom. The number of hydrogen-bond donors (Lipinski definition) is 2. The van der Waals surface area contributed by atoms with Crippen LogP contribution in [0.25, 0.3) is 0 Å². The molecule has 3 heteroatoms. The Hall–Kier alpha value is -1.77. The summed E-state index contributed by atoms with van der Waals surface area (Å²) in [6, 6.07) is 8.48. The molecule has 1 heterocycles. The first kappa shape index (κ1) is 14.6. The molecule has 0 saturated carbocycles. The molecule has 0 amide bonds. The highest BCUT2D eigenvalue weighted by Gasteiger charge is 2.17. The zero-order chi connectivity index (χ0) is 15.0. The number of benzene rings is 1. The van der Waals surface area contributed by atoms with Gasteiger partial charge in [-0.1, -0.05) is 53.7 Å². The molecule has 0 unspecified atom stereocenters. The number of aromatic nitrogens is 2. The Morgan fingerprint density at radius 2 is 1.70 bits per heavy atom. The third kappa shape index (κ3) is 3.41. The predicted octanol–water partition coefficient (Wildman–Crippen LogP) is 4.75. The van der Waals surface area contributed by atoms with Crippen LogP contribution in [0.5, 0.6) is 0 Å². The van der Waals surface area contributed by atoms with Crippen molar-refractivity contribution < 1.29 is 0 Å². The fourth-order valence-corrected chi connectivity index (χ4v) is 1.97. The fourth-order valence-electron chi connectivity index (χ4n) is 1.97. The summed E-state index contributed by atoms with van der Waals surface area (Å²) < 4.78 is 0. The average Bonchev–Trinajstić information content (AvgIpc) is 2.76. The van der Waals surface area contributed by atoms with E-state index in [4.69, 9.17) is 0 Å². The number of anilines is 2. The van der Waals surface area contributed by atoms with Gasteiger partial charge in [0, 0.05) is 16.8 Å². The monoisotopic (exact) mass is 271 g/mol. The highest BCUT2D eigenvalue weighted by atomic mass is 15.1. The maximum atomic E-state index is 4.40. The topological polar surface area (TPSA) is 40.7 Å². The minimum Gasteiger partial charge on any atom is -0.327 e. The van der Waals surface area contributed by atoms with E-state index in [2.05, 4.69) is 81.1 Å². The quantitative estimate of drug-likeness (QED) is 0.827. The maximum Gasteiger partial charge on any atom is 0.204 e. The molecule has 108 valence electrons. The second-order valence-electron chi connectivity index (χ2n) is 7.35. The van der Waals surface area contributed by atoms with Crippen LogP contribution in [0.4, 0.5) is 11.6 Å². The summed E-state index contributed by atoms with van der Waals surface area (Å²) in [5, 5.41) is 3.34. The maximum absolute atomic E-state index is 4.40. The molecule has 0 saturated heterocycles. The van der Waals surface area contributed by atoms with Crippen molar-refractivity contribution in [3.05, 3.63) is 41.7 Å². The molecule has 0 fully saturated rings. The molecule has 2 rings (SSSR count). The summed E-state index contributed by atoms with van der Waals surface area (Å²) in [6.45, 7) is 13.2. The van der Waals surface area contributed by atoms with Crippen LogP contribution < -0.4 is 5.32 Å². The average molecular weight is 271 g/mol. The molecule has 20 heavy (non-hydrogen) atoms. The Bertz CT molecular complexity index is 583. The van der Waals surface area contributed by atoms with Gasteiger partial charge in [-0.3, -0.25) is 0 Å². The van der Waals surface area contributed by atoms with E-state index < -0.39 is 0 Å². The number of aromatic amines is 1. The zero-order valence-corrected chi connectivity index (χ0v) is 13.3. The highest BCUT2D eigenvalue weighted by molar-refractivity contribution is 5.55. The van der Waals surface area contributed by atoms with Crippen molar-refractivity contribution in [1.82, 2.24) is 9.97 Å². The molecule has 1 aromatic carbocycles.